The fraction of sp³-hybridized carbons (Fsp3) is 0.571. The molecule has 4 heteroatoms. The minimum atomic E-state index is 0.0526. The smallest absolute Gasteiger partial charge is 0.125 e. The molecule has 0 amide bonds. The van der Waals surface area contributed by atoms with Crippen molar-refractivity contribution in [2.75, 3.05) is 19.7 Å². The highest BCUT2D eigenvalue weighted by Gasteiger charge is 2.33. The highest BCUT2D eigenvalue weighted by molar-refractivity contribution is 6.30. The SMILES string of the molecule is NC1COc2cc(Cl)ccc2C1N1CCCCC1. The van der Waals surface area contributed by atoms with Crippen LogP contribution in [0.3, 0.4) is 0 Å². The van der Waals surface area contributed by atoms with Gasteiger partial charge in [-0.05, 0) is 38.1 Å². The Morgan fingerprint density at radius 2 is 2.00 bits per heavy atom. The fourth-order valence-corrected chi connectivity index (χ4v) is 3.21. The van der Waals surface area contributed by atoms with Gasteiger partial charge in [0, 0.05) is 10.6 Å². The Morgan fingerprint density at radius 3 is 2.78 bits per heavy atom. The number of benzene rings is 1. The van der Waals surface area contributed by atoms with Gasteiger partial charge in [0.2, 0.25) is 0 Å². The zero-order valence-electron chi connectivity index (χ0n) is 10.4. The van der Waals surface area contributed by atoms with Gasteiger partial charge < -0.3 is 10.5 Å². The maximum absolute atomic E-state index is 6.26. The lowest BCUT2D eigenvalue weighted by Gasteiger charge is -2.41. The van der Waals surface area contributed by atoms with Crippen molar-refractivity contribution in [3.8, 4) is 5.75 Å². The summed E-state index contributed by atoms with van der Waals surface area (Å²) in [6, 6.07) is 6.23. The van der Waals surface area contributed by atoms with Crippen molar-refractivity contribution in [1.29, 1.82) is 0 Å². The number of likely N-dealkylation sites (tertiary alicyclic amines) is 1. The van der Waals surface area contributed by atoms with Crippen molar-refractivity contribution in [1.82, 2.24) is 4.90 Å². The Morgan fingerprint density at radius 1 is 1.22 bits per heavy atom. The van der Waals surface area contributed by atoms with Crippen molar-refractivity contribution in [3.05, 3.63) is 28.8 Å². The van der Waals surface area contributed by atoms with E-state index in [0.717, 1.165) is 23.9 Å². The average molecular weight is 267 g/mol. The first-order valence-electron chi connectivity index (χ1n) is 6.67. The van der Waals surface area contributed by atoms with Crippen LogP contribution in [-0.4, -0.2) is 30.6 Å². The van der Waals surface area contributed by atoms with Crippen LogP contribution in [-0.2, 0) is 0 Å². The Bertz CT molecular complexity index is 432. The van der Waals surface area contributed by atoms with E-state index in [1.54, 1.807) is 0 Å². The number of halogens is 1. The molecule has 0 bridgehead atoms. The van der Waals surface area contributed by atoms with Crippen molar-refractivity contribution < 1.29 is 4.74 Å². The zero-order valence-corrected chi connectivity index (χ0v) is 11.2. The van der Waals surface area contributed by atoms with E-state index in [1.165, 1.54) is 24.8 Å². The molecule has 0 spiro atoms. The van der Waals surface area contributed by atoms with Crippen molar-refractivity contribution in [2.45, 2.75) is 31.3 Å². The first-order valence-corrected chi connectivity index (χ1v) is 7.05. The molecule has 3 nitrogen and oxygen atoms in total. The van der Waals surface area contributed by atoms with E-state index in [4.69, 9.17) is 22.1 Å². The van der Waals surface area contributed by atoms with Gasteiger partial charge >= 0.3 is 0 Å². The Balaban J connectivity index is 1.93. The van der Waals surface area contributed by atoms with Gasteiger partial charge in [-0.25, -0.2) is 0 Å². The molecular weight excluding hydrogens is 248 g/mol. The molecule has 2 N–H and O–H groups in total. The van der Waals surface area contributed by atoms with Gasteiger partial charge in [-0.1, -0.05) is 24.1 Å². The molecule has 0 aliphatic carbocycles. The second-order valence-electron chi connectivity index (χ2n) is 5.20. The number of hydrogen-bond acceptors (Lipinski definition) is 3. The summed E-state index contributed by atoms with van der Waals surface area (Å²) in [5, 5.41) is 0.724. The van der Waals surface area contributed by atoms with E-state index in [-0.39, 0.29) is 12.1 Å². The summed E-state index contributed by atoms with van der Waals surface area (Å²) in [6.45, 7) is 2.86. The van der Waals surface area contributed by atoms with Crippen molar-refractivity contribution in [3.63, 3.8) is 0 Å². The molecular formula is C14H19ClN2O. The van der Waals surface area contributed by atoms with E-state index < -0.39 is 0 Å². The third-order valence-electron chi connectivity index (χ3n) is 3.92. The van der Waals surface area contributed by atoms with E-state index >= 15 is 0 Å². The van der Waals surface area contributed by atoms with Crippen molar-refractivity contribution >= 4 is 11.6 Å². The highest BCUT2D eigenvalue weighted by atomic mass is 35.5. The number of piperidine rings is 1. The van der Waals surface area contributed by atoms with Crippen LogP contribution in [0.25, 0.3) is 0 Å². The van der Waals surface area contributed by atoms with E-state index in [2.05, 4.69) is 11.0 Å². The summed E-state index contributed by atoms with van der Waals surface area (Å²) in [5.41, 5.74) is 7.46. The number of fused-ring (bicyclic) bond motifs is 1. The van der Waals surface area contributed by atoms with Crippen LogP contribution < -0.4 is 10.5 Å². The average Bonchev–Trinajstić information content (AvgIpc) is 2.40. The number of hydrogen-bond donors (Lipinski definition) is 1. The van der Waals surface area contributed by atoms with Gasteiger partial charge in [-0.2, -0.15) is 0 Å². The lowest BCUT2D eigenvalue weighted by Crippen LogP contribution is -2.48. The third-order valence-corrected chi connectivity index (χ3v) is 4.15. The molecule has 3 rings (SSSR count). The molecule has 1 aromatic carbocycles. The molecule has 0 saturated carbocycles. The van der Waals surface area contributed by atoms with Gasteiger partial charge in [0.25, 0.3) is 0 Å². The quantitative estimate of drug-likeness (QED) is 0.849. The minimum Gasteiger partial charge on any atom is -0.491 e. The fourth-order valence-electron chi connectivity index (χ4n) is 3.05. The van der Waals surface area contributed by atoms with E-state index in [9.17, 15) is 0 Å². The van der Waals surface area contributed by atoms with E-state index in [0.29, 0.717) is 6.61 Å². The molecule has 2 aliphatic rings. The number of ether oxygens (including phenoxy) is 1. The summed E-state index contributed by atoms with van der Waals surface area (Å²) >= 11 is 6.02. The molecule has 2 aliphatic heterocycles. The normalized spacial score (nSPS) is 28.6. The summed E-state index contributed by atoms with van der Waals surface area (Å²) in [4.78, 5) is 2.50. The van der Waals surface area contributed by atoms with Crippen LogP contribution in [0, 0.1) is 0 Å². The number of nitrogens with zero attached hydrogens (tertiary/aromatic N) is 1. The zero-order chi connectivity index (χ0) is 12.5. The van der Waals surface area contributed by atoms with Gasteiger partial charge in [0.1, 0.15) is 12.4 Å². The van der Waals surface area contributed by atoms with Crippen molar-refractivity contribution in [2.24, 2.45) is 5.73 Å². The molecule has 2 unspecified atom stereocenters. The summed E-state index contributed by atoms with van der Waals surface area (Å²) in [5.74, 6) is 0.903. The van der Waals surface area contributed by atoms with Crippen LogP contribution in [0.5, 0.6) is 5.75 Å². The second-order valence-corrected chi connectivity index (χ2v) is 5.63. The molecule has 2 atom stereocenters. The van der Waals surface area contributed by atoms with Gasteiger partial charge in [0.15, 0.2) is 0 Å². The topological polar surface area (TPSA) is 38.5 Å². The van der Waals surface area contributed by atoms with E-state index in [1.807, 2.05) is 12.1 Å². The summed E-state index contributed by atoms with van der Waals surface area (Å²) in [7, 11) is 0. The first-order chi connectivity index (χ1) is 8.75. The lowest BCUT2D eigenvalue weighted by atomic mass is 9.93. The number of rotatable bonds is 1. The predicted octanol–water partition coefficient (Wildman–Crippen LogP) is 2.59. The van der Waals surface area contributed by atoms with Crippen LogP contribution >= 0.6 is 11.6 Å². The molecule has 1 aromatic rings. The Kier molecular flexibility index (Phi) is 3.46. The predicted molar refractivity (Wildman–Crippen MR) is 73.1 cm³/mol. The minimum absolute atomic E-state index is 0.0526. The lowest BCUT2D eigenvalue weighted by molar-refractivity contribution is 0.101. The maximum Gasteiger partial charge on any atom is 0.125 e. The monoisotopic (exact) mass is 266 g/mol. The molecule has 18 heavy (non-hydrogen) atoms. The molecule has 1 saturated heterocycles. The van der Waals surface area contributed by atoms with Crippen LogP contribution in [0.2, 0.25) is 5.02 Å². The van der Waals surface area contributed by atoms with Gasteiger partial charge in [-0.15, -0.1) is 0 Å². The Hall–Kier alpha value is -0.770. The Labute approximate surface area is 113 Å². The molecule has 0 radical (unpaired) electrons. The largest absolute Gasteiger partial charge is 0.491 e. The molecule has 98 valence electrons. The summed E-state index contributed by atoms with van der Waals surface area (Å²) < 4.78 is 5.70. The molecule has 2 heterocycles. The first kappa shape index (κ1) is 12.3. The van der Waals surface area contributed by atoms with Gasteiger partial charge in [-0.3, -0.25) is 4.90 Å². The number of nitrogens with two attached hydrogens (primary N) is 1. The summed E-state index contributed by atoms with van der Waals surface area (Å²) in [6.07, 6.45) is 3.88. The van der Waals surface area contributed by atoms with Gasteiger partial charge in [0.05, 0.1) is 12.1 Å². The van der Waals surface area contributed by atoms with Crippen LogP contribution in [0.15, 0.2) is 18.2 Å². The van der Waals surface area contributed by atoms with Crippen LogP contribution in [0.1, 0.15) is 30.9 Å². The maximum atomic E-state index is 6.26. The molecule has 1 fully saturated rings. The van der Waals surface area contributed by atoms with Crippen LogP contribution in [0.4, 0.5) is 0 Å². The molecule has 0 aromatic heterocycles. The second kappa shape index (κ2) is 5.08. The standard InChI is InChI=1S/C14H19ClN2O/c15-10-4-5-11-13(8-10)18-9-12(16)14(11)17-6-2-1-3-7-17/h4-5,8,12,14H,1-3,6-7,9,16H2. The highest BCUT2D eigenvalue weighted by Crippen LogP contribution is 2.38. The third kappa shape index (κ3) is 2.22.